The topological polar surface area (TPSA) is 112 Å². The van der Waals surface area contributed by atoms with Crippen LogP contribution >= 0.6 is 0 Å². The van der Waals surface area contributed by atoms with Gasteiger partial charge in [-0.25, -0.2) is 0 Å². The van der Waals surface area contributed by atoms with Crippen molar-refractivity contribution in [1.82, 2.24) is 9.97 Å². The van der Waals surface area contributed by atoms with Gasteiger partial charge in [-0.15, -0.1) is 0 Å². The smallest absolute Gasteiger partial charge is 0.258 e. The van der Waals surface area contributed by atoms with Crippen LogP contribution in [0.3, 0.4) is 0 Å². The maximum Gasteiger partial charge on any atom is 0.277 e. The zero-order valence-electron chi connectivity index (χ0n) is 16.5. The lowest BCUT2D eigenvalue weighted by atomic mass is 9.92. The molecule has 0 spiro atoms. The molecule has 0 aliphatic rings. The van der Waals surface area contributed by atoms with E-state index in [-0.39, 0.29) is 11.4 Å². The highest BCUT2D eigenvalue weighted by Crippen LogP contribution is 2.42. The number of benzene rings is 3. The number of rotatable bonds is 4. The Labute approximate surface area is 181 Å². The lowest BCUT2D eigenvalue weighted by Gasteiger charge is -2.13. The number of nitrogens with zero attached hydrogens (tertiary/aromatic N) is 4. The summed E-state index contributed by atoms with van der Waals surface area (Å²) in [5.41, 5.74) is 3.10. The molecule has 0 saturated carbocycles. The molecule has 0 unspecified atom stereocenters. The average molecular weight is 422 g/mol. The van der Waals surface area contributed by atoms with Crippen molar-refractivity contribution < 1.29 is 9.85 Å². The van der Waals surface area contributed by atoms with Crippen molar-refractivity contribution >= 4 is 33.2 Å². The van der Waals surface area contributed by atoms with Crippen LogP contribution in [0.4, 0.5) is 11.4 Å². The molecule has 154 valence electrons. The molecule has 0 saturated heterocycles. The molecule has 0 aliphatic carbocycles. The van der Waals surface area contributed by atoms with Gasteiger partial charge in [-0.2, -0.15) is 0 Å². The number of pyridine rings is 2. The minimum absolute atomic E-state index is 0.0341. The summed E-state index contributed by atoms with van der Waals surface area (Å²) < 4.78 is 0. The van der Waals surface area contributed by atoms with Gasteiger partial charge in [0.2, 0.25) is 0 Å². The number of nitro benzene ring substituents is 2. The van der Waals surface area contributed by atoms with Crippen LogP contribution in [0.15, 0.2) is 85.2 Å². The van der Waals surface area contributed by atoms with Gasteiger partial charge >= 0.3 is 0 Å². The quantitative estimate of drug-likeness (QED) is 0.201. The van der Waals surface area contributed by atoms with Crippen LogP contribution in [-0.2, 0) is 0 Å². The van der Waals surface area contributed by atoms with Crippen LogP contribution in [0.25, 0.3) is 44.1 Å². The molecule has 5 aromatic rings. The Kier molecular flexibility index (Phi) is 4.52. The average Bonchev–Trinajstić information content (AvgIpc) is 2.83. The van der Waals surface area contributed by atoms with Crippen molar-refractivity contribution in [3.8, 4) is 22.3 Å². The zero-order valence-corrected chi connectivity index (χ0v) is 16.5. The summed E-state index contributed by atoms with van der Waals surface area (Å²) in [5.74, 6) is 0. The van der Waals surface area contributed by atoms with Crippen LogP contribution < -0.4 is 0 Å². The van der Waals surface area contributed by atoms with Crippen molar-refractivity contribution in [1.29, 1.82) is 0 Å². The van der Waals surface area contributed by atoms with Crippen molar-refractivity contribution in [2.45, 2.75) is 0 Å². The van der Waals surface area contributed by atoms with Gasteiger partial charge in [-0.3, -0.25) is 30.2 Å². The number of nitro groups is 2. The Hall–Kier alpha value is -4.72. The van der Waals surface area contributed by atoms with E-state index in [2.05, 4.69) is 9.97 Å². The van der Waals surface area contributed by atoms with E-state index in [0.29, 0.717) is 38.7 Å². The Bertz CT molecular complexity index is 1550. The Balaban J connectivity index is 1.94. The van der Waals surface area contributed by atoms with Gasteiger partial charge in [-0.1, -0.05) is 42.5 Å². The van der Waals surface area contributed by atoms with Gasteiger partial charge in [0, 0.05) is 34.7 Å². The summed E-state index contributed by atoms with van der Waals surface area (Å²) in [6.45, 7) is 0. The SMILES string of the molecule is O=[N+]([O-])c1ccccc1-c1ccc(-c2ccccc2[N+](=O)[O-])c2c1ncc1ncccc12. The predicted molar refractivity (Wildman–Crippen MR) is 121 cm³/mol. The molecular weight excluding hydrogens is 408 g/mol. The molecule has 8 heteroatoms. The van der Waals surface area contributed by atoms with E-state index >= 15 is 0 Å². The van der Waals surface area contributed by atoms with Gasteiger partial charge in [-0.05, 0) is 23.8 Å². The maximum atomic E-state index is 11.7. The summed E-state index contributed by atoms with van der Waals surface area (Å²) in [6.07, 6.45) is 3.26. The molecule has 5 rings (SSSR count). The fraction of sp³-hybridized carbons (Fsp3) is 0. The summed E-state index contributed by atoms with van der Waals surface area (Å²) >= 11 is 0. The molecule has 3 aromatic carbocycles. The number of aromatic nitrogens is 2. The fourth-order valence-corrected chi connectivity index (χ4v) is 4.02. The lowest BCUT2D eigenvalue weighted by Crippen LogP contribution is -1.96. The van der Waals surface area contributed by atoms with Gasteiger partial charge in [0.05, 0.1) is 38.2 Å². The predicted octanol–water partition coefficient (Wildman–Crippen LogP) is 5.93. The molecule has 0 atom stereocenters. The highest BCUT2D eigenvalue weighted by molar-refractivity contribution is 6.16. The molecule has 0 N–H and O–H groups in total. The molecule has 0 radical (unpaired) electrons. The van der Waals surface area contributed by atoms with E-state index in [1.807, 2.05) is 6.07 Å². The molecule has 0 amide bonds. The van der Waals surface area contributed by atoms with Crippen LogP contribution in [0.1, 0.15) is 0 Å². The van der Waals surface area contributed by atoms with Crippen LogP contribution in [0.5, 0.6) is 0 Å². The number of para-hydroxylation sites is 2. The van der Waals surface area contributed by atoms with Crippen molar-refractivity contribution in [2.75, 3.05) is 0 Å². The first-order chi connectivity index (χ1) is 15.6. The lowest BCUT2D eigenvalue weighted by molar-refractivity contribution is -0.384. The molecule has 2 heterocycles. The minimum atomic E-state index is -0.431. The number of fused-ring (bicyclic) bond motifs is 3. The van der Waals surface area contributed by atoms with E-state index in [1.54, 1.807) is 67.0 Å². The summed E-state index contributed by atoms with van der Waals surface area (Å²) in [6, 6.07) is 20.1. The maximum absolute atomic E-state index is 11.7. The summed E-state index contributed by atoms with van der Waals surface area (Å²) in [4.78, 5) is 31.5. The Morgan fingerprint density at radius 2 is 1.22 bits per heavy atom. The largest absolute Gasteiger partial charge is 0.277 e. The third kappa shape index (κ3) is 3.02. The van der Waals surface area contributed by atoms with E-state index < -0.39 is 9.85 Å². The monoisotopic (exact) mass is 422 g/mol. The van der Waals surface area contributed by atoms with Gasteiger partial charge < -0.3 is 0 Å². The van der Waals surface area contributed by atoms with E-state index in [1.165, 1.54) is 12.1 Å². The van der Waals surface area contributed by atoms with E-state index in [4.69, 9.17) is 0 Å². The second-order valence-electron chi connectivity index (χ2n) is 7.13. The van der Waals surface area contributed by atoms with Crippen molar-refractivity contribution in [2.24, 2.45) is 0 Å². The van der Waals surface area contributed by atoms with Crippen LogP contribution in [0, 0.1) is 20.2 Å². The summed E-state index contributed by atoms with van der Waals surface area (Å²) in [5, 5.41) is 24.8. The minimum Gasteiger partial charge on any atom is -0.258 e. The van der Waals surface area contributed by atoms with Gasteiger partial charge in [0.25, 0.3) is 11.4 Å². The standard InChI is InChI=1S/C24H14N4O4/c29-27(30)21-9-3-1-6-15(21)17-11-12-18(16-7-2-4-10-22(16)28(31)32)24-23(17)19-8-5-13-25-20(19)14-26-24/h1-14H. The molecule has 0 aliphatic heterocycles. The molecule has 0 fully saturated rings. The summed E-state index contributed by atoms with van der Waals surface area (Å²) in [7, 11) is 0. The first-order valence-corrected chi connectivity index (χ1v) is 9.70. The van der Waals surface area contributed by atoms with E-state index in [9.17, 15) is 20.2 Å². The third-order valence-electron chi connectivity index (χ3n) is 5.38. The fourth-order valence-electron chi connectivity index (χ4n) is 4.02. The number of hydrogen-bond acceptors (Lipinski definition) is 6. The highest BCUT2D eigenvalue weighted by Gasteiger charge is 2.22. The van der Waals surface area contributed by atoms with Gasteiger partial charge in [0.1, 0.15) is 0 Å². The van der Waals surface area contributed by atoms with Crippen molar-refractivity contribution in [3.63, 3.8) is 0 Å². The first kappa shape index (κ1) is 19.3. The third-order valence-corrected chi connectivity index (χ3v) is 5.38. The highest BCUT2D eigenvalue weighted by atomic mass is 16.6. The first-order valence-electron chi connectivity index (χ1n) is 9.70. The second-order valence-corrected chi connectivity index (χ2v) is 7.13. The van der Waals surface area contributed by atoms with Crippen molar-refractivity contribution in [3.05, 3.63) is 105 Å². The van der Waals surface area contributed by atoms with E-state index in [0.717, 1.165) is 5.39 Å². The molecule has 8 nitrogen and oxygen atoms in total. The normalized spacial score (nSPS) is 11.0. The Morgan fingerprint density at radius 1 is 0.625 bits per heavy atom. The number of hydrogen-bond donors (Lipinski definition) is 0. The second kappa shape index (κ2) is 7.51. The molecule has 0 bridgehead atoms. The zero-order chi connectivity index (χ0) is 22.2. The Morgan fingerprint density at radius 3 is 1.88 bits per heavy atom. The van der Waals surface area contributed by atoms with Crippen LogP contribution in [-0.4, -0.2) is 19.8 Å². The molecule has 32 heavy (non-hydrogen) atoms. The molecular formula is C24H14N4O4. The molecule has 2 aromatic heterocycles. The van der Waals surface area contributed by atoms with Gasteiger partial charge in [0.15, 0.2) is 0 Å². The van der Waals surface area contributed by atoms with Crippen LogP contribution in [0.2, 0.25) is 0 Å².